The SMILES string of the molecule is CCC(Cc1cccc(OC)c1)C(=O)O. The van der Waals surface area contributed by atoms with Crippen molar-refractivity contribution in [2.45, 2.75) is 19.8 Å². The van der Waals surface area contributed by atoms with Crippen molar-refractivity contribution in [1.29, 1.82) is 0 Å². The lowest BCUT2D eigenvalue weighted by molar-refractivity contribution is -0.141. The first-order chi connectivity index (χ1) is 7.17. The molecule has 0 saturated heterocycles. The van der Waals surface area contributed by atoms with Crippen LogP contribution >= 0.6 is 0 Å². The lowest BCUT2D eigenvalue weighted by Gasteiger charge is -2.10. The second kappa shape index (κ2) is 5.39. The average Bonchev–Trinajstić information content (AvgIpc) is 2.25. The van der Waals surface area contributed by atoms with Gasteiger partial charge in [0.2, 0.25) is 0 Å². The monoisotopic (exact) mass is 208 g/mol. The van der Waals surface area contributed by atoms with Crippen molar-refractivity contribution in [1.82, 2.24) is 0 Å². The van der Waals surface area contributed by atoms with Crippen LogP contribution in [0.4, 0.5) is 0 Å². The average molecular weight is 208 g/mol. The topological polar surface area (TPSA) is 46.5 Å². The van der Waals surface area contributed by atoms with Gasteiger partial charge in [0.15, 0.2) is 0 Å². The molecule has 1 aromatic rings. The molecule has 0 aliphatic heterocycles. The minimum Gasteiger partial charge on any atom is -0.497 e. The normalized spacial score (nSPS) is 12.1. The molecular formula is C12H16O3. The zero-order valence-electron chi connectivity index (χ0n) is 9.06. The van der Waals surface area contributed by atoms with Gasteiger partial charge in [-0.25, -0.2) is 0 Å². The summed E-state index contributed by atoms with van der Waals surface area (Å²) in [4.78, 5) is 10.9. The van der Waals surface area contributed by atoms with E-state index in [0.717, 1.165) is 11.3 Å². The van der Waals surface area contributed by atoms with Gasteiger partial charge in [0.25, 0.3) is 0 Å². The highest BCUT2D eigenvalue weighted by molar-refractivity contribution is 5.70. The molecule has 1 N–H and O–H groups in total. The summed E-state index contributed by atoms with van der Waals surface area (Å²) in [6.45, 7) is 1.89. The van der Waals surface area contributed by atoms with Crippen molar-refractivity contribution < 1.29 is 14.6 Å². The van der Waals surface area contributed by atoms with Gasteiger partial charge in [-0.05, 0) is 30.5 Å². The van der Waals surface area contributed by atoms with Gasteiger partial charge in [0.1, 0.15) is 5.75 Å². The van der Waals surface area contributed by atoms with Crippen LogP contribution in [0.2, 0.25) is 0 Å². The van der Waals surface area contributed by atoms with E-state index in [0.29, 0.717) is 12.8 Å². The van der Waals surface area contributed by atoms with Crippen LogP contribution in [0.15, 0.2) is 24.3 Å². The maximum absolute atomic E-state index is 10.9. The van der Waals surface area contributed by atoms with Gasteiger partial charge in [-0.15, -0.1) is 0 Å². The Balaban J connectivity index is 2.74. The van der Waals surface area contributed by atoms with Gasteiger partial charge in [0, 0.05) is 0 Å². The molecule has 0 aliphatic carbocycles. The molecule has 1 atom stereocenters. The molecular weight excluding hydrogens is 192 g/mol. The zero-order chi connectivity index (χ0) is 11.3. The Hall–Kier alpha value is -1.51. The molecule has 3 heteroatoms. The van der Waals surface area contributed by atoms with Crippen molar-refractivity contribution in [3.63, 3.8) is 0 Å². The number of ether oxygens (including phenoxy) is 1. The summed E-state index contributed by atoms with van der Waals surface area (Å²) < 4.78 is 5.08. The summed E-state index contributed by atoms with van der Waals surface area (Å²) in [5.74, 6) is -0.273. The van der Waals surface area contributed by atoms with E-state index in [1.807, 2.05) is 31.2 Å². The summed E-state index contributed by atoms with van der Waals surface area (Å²) in [5, 5.41) is 8.93. The number of benzene rings is 1. The van der Waals surface area contributed by atoms with Crippen molar-refractivity contribution in [2.24, 2.45) is 5.92 Å². The minimum absolute atomic E-state index is 0.308. The Kier molecular flexibility index (Phi) is 4.16. The van der Waals surface area contributed by atoms with Crippen LogP contribution in [-0.2, 0) is 11.2 Å². The molecule has 0 aliphatic rings. The van der Waals surface area contributed by atoms with Crippen LogP contribution in [0.25, 0.3) is 0 Å². The van der Waals surface area contributed by atoms with Crippen molar-refractivity contribution in [3.8, 4) is 5.75 Å². The molecule has 0 saturated carbocycles. The molecule has 1 aromatic carbocycles. The molecule has 0 aromatic heterocycles. The molecule has 15 heavy (non-hydrogen) atoms. The number of methoxy groups -OCH3 is 1. The van der Waals surface area contributed by atoms with Crippen LogP contribution in [0.5, 0.6) is 5.75 Å². The molecule has 3 nitrogen and oxygen atoms in total. The van der Waals surface area contributed by atoms with Crippen molar-refractivity contribution in [3.05, 3.63) is 29.8 Å². The second-order valence-electron chi connectivity index (χ2n) is 3.50. The third-order valence-corrected chi connectivity index (χ3v) is 2.46. The summed E-state index contributed by atoms with van der Waals surface area (Å²) in [6, 6.07) is 7.54. The first-order valence-corrected chi connectivity index (χ1v) is 5.03. The summed E-state index contributed by atoms with van der Waals surface area (Å²) in [7, 11) is 1.60. The summed E-state index contributed by atoms with van der Waals surface area (Å²) in [6.07, 6.45) is 1.20. The van der Waals surface area contributed by atoms with E-state index in [1.165, 1.54) is 0 Å². The quantitative estimate of drug-likeness (QED) is 0.807. The smallest absolute Gasteiger partial charge is 0.306 e. The number of carbonyl (C=O) groups is 1. The number of carboxylic acid groups (broad SMARTS) is 1. The lowest BCUT2D eigenvalue weighted by atomic mass is 9.97. The number of rotatable bonds is 5. The standard InChI is InChI=1S/C12H16O3/c1-3-10(12(13)14)7-9-5-4-6-11(8-9)15-2/h4-6,8,10H,3,7H2,1-2H3,(H,13,14). The van der Waals surface area contributed by atoms with E-state index in [9.17, 15) is 4.79 Å². The van der Waals surface area contributed by atoms with Gasteiger partial charge in [-0.3, -0.25) is 4.79 Å². The van der Waals surface area contributed by atoms with E-state index in [-0.39, 0.29) is 5.92 Å². The van der Waals surface area contributed by atoms with Crippen LogP contribution in [-0.4, -0.2) is 18.2 Å². The molecule has 0 heterocycles. The van der Waals surface area contributed by atoms with E-state index >= 15 is 0 Å². The molecule has 0 radical (unpaired) electrons. The molecule has 0 bridgehead atoms. The highest BCUT2D eigenvalue weighted by atomic mass is 16.5. The predicted octanol–water partition coefficient (Wildman–Crippen LogP) is 2.35. The van der Waals surface area contributed by atoms with Crippen LogP contribution < -0.4 is 4.74 Å². The zero-order valence-corrected chi connectivity index (χ0v) is 9.06. The van der Waals surface area contributed by atoms with Crippen LogP contribution in [0.3, 0.4) is 0 Å². The highest BCUT2D eigenvalue weighted by Crippen LogP contribution is 2.17. The van der Waals surface area contributed by atoms with Gasteiger partial charge < -0.3 is 9.84 Å². The van der Waals surface area contributed by atoms with E-state index < -0.39 is 5.97 Å². The predicted molar refractivity (Wildman–Crippen MR) is 58.1 cm³/mol. The Labute approximate surface area is 89.7 Å². The first-order valence-electron chi connectivity index (χ1n) is 5.03. The number of aliphatic carboxylic acids is 1. The third kappa shape index (κ3) is 3.27. The fourth-order valence-electron chi connectivity index (χ4n) is 1.49. The number of hydrogen-bond acceptors (Lipinski definition) is 2. The minimum atomic E-state index is -0.736. The first kappa shape index (κ1) is 11.6. The Bertz CT molecular complexity index is 333. The molecule has 1 unspecified atom stereocenters. The fourth-order valence-corrected chi connectivity index (χ4v) is 1.49. The molecule has 1 rings (SSSR count). The summed E-state index contributed by atoms with van der Waals surface area (Å²) in [5.41, 5.74) is 1.00. The third-order valence-electron chi connectivity index (χ3n) is 2.46. The molecule has 0 amide bonds. The molecule has 82 valence electrons. The van der Waals surface area contributed by atoms with Crippen LogP contribution in [0.1, 0.15) is 18.9 Å². The van der Waals surface area contributed by atoms with Crippen molar-refractivity contribution >= 4 is 5.97 Å². The molecule has 0 fully saturated rings. The van der Waals surface area contributed by atoms with E-state index in [4.69, 9.17) is 9.84 Å². The summed E-state index contributed by atoms with van der Waals surface area (Å²) >= 11 is 0. The lowest BCUT2D eigenvalue weighted by Crippen LogP contribution is -2.15. The van der Waals surface area contributed by atoms with E-state index in [1.54, 1.807) is 7.11 Å². The molecule has 0 spiro atoms. The van der Waals surface area contributed by atoms with Gasteiger partial charge in [-0.2, -0.15) is 0 Å². The second-order valence-corrected chi connectivity index (χ2v) is 3.50. The van der Waals surface area contributed by atoms with Crippen LogP contribution in [0, 0.1) is 5.92 Å². The fraction of sp³-hybridized carbons (Fsp3) is 0.417. The maximum atomic E-state index is 10.9. The largest absolute Gasteiger partial charge is 0.497 e. The van der Waals surface area contributed by atoms with Gasteiger partial charge in [-0.1, -0.05) is 19.1 Å². The van der Waals surface area contributed by atoms with E-state index in [2.05, 4.69) is 0 Å². The van der Waals surface area contributed by atoms with Crippen molar-refractivity contribution in [2.75, 3.05) is 7.11 Å². The Morgan fingerprint density at radius 1 is 1.53 bits per heavy atom. The number of carboxylic acids is 1. The number of hydrogen-bond donors (Lipinski definition) is 1. The Morgan fingerprint density at radius 3 is 2.80 bits per heavy atom. The highest BCUT2D eigenvalue weighted by Gasteiger charge is 2.15. The van der Waals surface area contributed by atoms with Gasteiger partial charge in [0.05, 0.1) is 13.0 Å². The maximum Gasteiger partial charge on any atom is 0.306 e. The van der Waals surface area contributed by atoms with Gasteiger partial charge >= 0.3 is 5.97 Å². The Morgan fingerprint density at radius 2 is 2.27 bits per heavy atom.